The van der Waals surface area contributed by atoms with E-state index in [1.807, 2.05) is 13.0 Å². The van der Waals surface area contributed by atoms with Gasteiger partial charge < -0.3 is 14.8 Å². The van der Waals surface area contributed by atoms with Crippen LogP contribution in [0.2, 0.25) is 0 Å². The van der Waals surface area contributed by atoms with Gasteiger partial charge in [0.15, 0.2) is 0 Å². The number of carbonyl (C=O) groups is 1. The second-order valence-corrected chi connectivity index (χ2v) is 5.64. The number of carbonyl (C=O) groups excluding carboxylic acids is 1. The summed E-state index contributed by atoms with van der Waals surface area (Å²) in [5.41, 5.74) is 2.92. The van der Waals surface area contributed by atoms with Gasteiger partial charge in [0.05, 0.1) is 19.8 Å². The molecular weight excluding hydrogens is 278 g/mol. The number of benzene rings is 1. The summed E-state index contributed by atoms with van der Waals surface area (Å²) < 4.78 is 10.6. The first-order chi connectivity index (χ1) is 10.7. The highest BCUT2D eigenvalue weighted by atomic mass is 16.5. The molecule has 0 heterocycles. The Morgan fingerprint density at radius 2 is 1.95 bits per heavy atom. The summed E-state index contributed by atoms with van der Waals surface area (Å²) in [6.45, 7) is 2.59. The minimum Gasteiger partial charge on any atom is -0.496 e. The normalized spacial score (nSPS) is 14.2. The molecule has 1 aliphatic rings. The molecule has 0 saturated carbocycles. The molecule has 0 unspecified atom stereocenters. The molecule has 1 aromatic rings. The Balaban J connectivity index is 2.00. The van der Waals surface area contributed by atoms with Crippen molar-refractivity contribution in [2.45, 2.75) is 39.0 Å². The summed E-state index contributed by atoms with van der Waals surface area (Å²) in [5, 5.41) is 2.98. The monoisotopic (exact) mass is 303 g/mol. The molecule has 120 valence electrons. The second kappa shape index (κ2) is 7.87. The van der Waals surface area contributed by atoms with Crippen molar-refractivity contribution >= 4 is 5.91 Å². The molecule has 0 spiro atoms. The maximum atomic E-state index is 12.4. The van der Waals surface area contributed by atoms with Crippen molar-refractivity contribution < 1.29 is 14.3 Å². The zero-order valence-corrected chi connectivity index (χ0v) is 13.7. The van der Waals surface area contributed by atoms with Gasteiger partial charge in [-0.25, -0.2) is 0 Å². The van der Waals surface area contributed by atoms with E-state index in [1.54, 1.807) is 20.3 Å². The Morgan fingerprint density at radius 1 is 1.18 bits per heavy atom. The molecule has 0 aromatic heterocycles. The lowest BCUT2D eigenvalue weighted by Crippen LogP contribution is -2.25. The summed E-state index contributed by atoms with van der Waals surface area (Å²) in [4.78, 5) is 12.4. The average molecular weight is 303 g/mol. The number of methoxy groups -OCH3 is 2. The van der Waals surface area contributed by atoms with Gasteiger partial charge in [-0.3, -0.25) is 4.79 Å². The van der Waals surface area contributed by atoms with E-state index in [9.17, 15) is 4.79 Å². The van der Waals surface area contributed by atoms with Crippen LogP contribution < -0.4 is 14.8 Å². The van der Waals surface area contributed by atoms with Crippen LogP contribution in [0.5, 0.6) is 11.5 Å². The summed E-state index contributed by atoms with van der Waals surface area (Å²) in [7, 11) is 3.18. The van der Waals surface area contributed by atoms with Gasteiger partial charge in [0.1, 0.15) is 11.5 Å². The quantitative estimate of drug-likeness (QED) is 0.816. The van der Waals surface area contributed by atoms with Gasteiger partial charge in [0, 0.05) is 6.54 Å². The lowest BCUT2D eigenvalue weighted by atomic mass is 9.97. The van der Waals surface area contributed by atoms with Crippen molar-refractivity contribution in [2.24, 2.45) is 0 Å². The van der Waals surface area contributed by atoms with Gasteiger partial charge in [0.25, 0.3) is 5.91 Å². The molecular formula is C18H25NO3. The van der Waals surface area contributed by atoms with Crippen LogP contribution in [-0.4, -0.2) is 26.7 Å². The van der Waals surface area contributed by atoms with E-state index < -0.39 is 0 Å². The van der Waals surface area contributed by atoms with Gasteiger partial charge in [-0.2, -0.15) is 0 Å². The molecule has 0 bridgehead atoms. The minimum atomic E-state index is -0.119. The fourth-order valence-corrected chi connectivity index (χ4v) is 2.79. The van der Waals surface area contributed by atoms with Crippen molar-refractivity contribution in [3.05, 3.63) is 34.9 Å². The molecule has 0 saturated heterocycles. The van der Waals surface area contributed by atoms with Crippen LogP contribution in [0.3, 0.4) is 0 Å². The van der Waals surface area contributed by atoms with Crippen molar-refractivity contribution in [2.75, 3.05) is 20.8 Å². The third kappa shape index (κ3) is 4.03. The van der Waals surface area contributed by atoms with Crippen molar-refractivity contribution in [1.82, 2.24) is 5.32 Å². The van der Waals surface area contributed by atoms with Gasteiger partial charge in [-0.1, -0.05) is 11.6 Å². The molecule has 1 N–H and O–H groups in total. The Hall–Kier alpha value is -1.97. The zero-order chi connectivity index (χ0) is 15.9. The highest BCUT2D eigenvalue weighted by molar-refractivity contribution is 5.97. The number of nitrogens with one attached hydrogen (secondary N) is 1. The van der Waals surface area contributed by atoms with Gasteiger partial charge in [0.2, 0.25) is 0 Å². The van der Waals surface area contributed by atoms with Gasteiger partial charge >= 0.3 is 0 Å². The Morgan fingerprint density at radius 3 is 2.59 bits per heavy atom. The highest BCUT2D eigenvalue weighted by Crippen LogP contribution is 2.28. The third-order valence-corrected chi connectivity index (χ3v) is 4.08. The number of hydrogen-bond donors (Lipinski definition) is 1. The maximum Gasteiger partial charge on any atom is 0.255 e. The molecule has 0 atom stereocenters. The summed E-state index contributed by atoms with van der Waals surface area (Å²) in [6, 6.07) is 3.57. The van der Waals surface area contributed by atoms with Crippen molar-refractivity contribution in [3.8, 4) is 11.5 Å². The number of rotatable bonds is 6. The van der Waals surface area contributed by atoms with E-state index >= 15 is 0 Å². The molecule has 0 aliphatic heterocycles. The number of ether oxygens (including phenoxy) is 2. The van der Waals surface area contributed by atoms with E-state index in [2.05, 4.69) is 11.4 Å². The molecule has 1 amide bonds. The van der Waals surface area contributed by atoms with Gasteiger partial charge in [-0.15, -0.1) is 0 Å². The SMILES string of the molecule is COc1cc(C(=O)NCCC2=CCCCC2)c(OC)cc1C. The van der Waals surface area contributed by atoms with Crippen LogP contribution in [0.15, 0.2) is 23.8 Å². The largest absolute Gasteiger partial charge is 0.496 e. The molecule has 0 radical (unpaired) electrons. The molecule has 1 aromatic carbocycles. The third-order valence-electron chi connectivity index (χ3n) is 4.08. The highest BCUT2D eigenvalue weighted by Gasteiger charge is 2.15. The van der Waals surface area contributed by atoms with E-state index in [-0.39, 0.29) is 5.91 Å². The van der Waals surface area contributed by atoms with Crippen LogP contribution in [-0.2, 0) is 0 Å². The van der Waals surface area contributed by atoms with E-state index in [1.165, 1.54) is 24.8 Å². The predicted octanol–water partition coefficient (Wildman–Crippen LogP) is 3.63. The Labute approximate surface area is 132 Å². The maximum absolute atomic E-state index is 12.4. The first-order valence-electron chi connectivity index (χ1n) is 7.84. The standard InChI is InChI=1S/C18H25NO3/c1-13-11-17(22-3)15(12-16(13)21-2)18(20)19-10-9-14-7-5-4-6-8-14/h7,11-12H,4-6,8-10H2,1-3H3,(H,19,20). The van der Waals surface area contributed by atoms with Gasteiger partial charge in [-0.05, 0) is 56.7 Å². The summed E-state index contributed by atoms with van der Waals surface area (Å²) in [6.07, 6.45) is 8.13. The Bertz CT molecular complexity index is 564. The number of hydrogen-bond acceptors (Lipinski definition) is 3. The average Bonchev–Trinajstić information content (AvgIpc) is 2.55. The van der Waals surface area contributed by atoms with Crippen LogP contribution in [0.4, 0.5) is 0 Å². The van der Waals surface area contributed by atoms with Crippen molar-refractivity contribution in [1.29, 1.82) is 0 Å². The van der Waals surface area contributed by atoms with E-state index in [4.69, 9.17) is 9.47 Å². The van der Waals surface area contributed by atoms with Crippen molar-refractivity contribution in [3.63, 3.8) is 0 Å². The molecule has 4 heteroatoms. The number of aryl methyl sites for hydroxylation is 1. The smallest absolute Gasteiger partial charge is 0.255 e. The second-order valence-electron chi connectivity index (χ2n) is 5.64. The van der Waals surface area contributed by atoms with Crippen LogP contribution in [0, 0.1) is 6.92 Å². The first-order valence-corrected chi connectivity index (χ1v) is 7.84. The van der Waals surface area contributed by atoms with Crippen LogP contribution >= 0.6 is 0 Å². The zero-order valence-electron chi connectivity index (χ0n) is 13.7. The van der Waals surface area contributed by atoms with Crippen LogP contribution in [0.25, 0.3) is 0 Å². The topological polar surface area (TPSA) is 47.6 Å². The lowest BCUT2D eigenvalue weighted by Gasteiger charge is -2.15. The number of amides is 1. The molecule has 2 rings (SSSR count). The van der Waals surface area contributed by atoms with E-state index in [0.29, 0.717) is 23.6 Å². The summed E-state index contributed by atoms with van der Waals surface area (Å²) in [5.74, 6) is 1.15. The molecule has 0 fully saturated rings. The fraction of sp³-hybridized carbons (Fsp3) is 0.500. The summed E-state index contributed by atoms with van der Waals surface area (Å²) >= 11 is 0. The fourth-order valence-electron chi connectivity index (χ4n) is 2.79. The first kappa shape index (κ1) is 16.4. The van der Waals surface area contributed by atoms with E-state index in [0.717, 1.165) is 18.4 Å². The predicted molar refractivity (Wildman–Crippen MR) is 87.8 cm³/mol. The number of allylic oxidation sites excluding steroid dienone is 1. The molecule has 4 nitrogen and oxygen atoms in total. The minimum absolute atomic E-state index is 0.119. The van der Waals surface area contributed by atoms with Crippen LogP contribution in [0.1, 0.15) is 48.0 Å². The molecule has 22 heavy (non-hydrogen) atoms. The lowest BCUT2D eigenvalue weighted by molar-refractivity contribution is 0.0950. The Kier molecular flexibility index (Phi) is 5.87. The molecule has 1 aliphatic carbocycles.